The van der Waals surface area contributed by atoms with Crippen LogP contribution in [0, 0.1) is 5.82 Å². The summed E-state index contributed by atoms with van der Waals surface area (Å²) in [6.45, 7) is 3.00. The minimum atomic E-state index is -0.231. The van der Waals surface area contributed by atoms with Crippen LogP contribution in [-0.2, 0) is 16.0 Å². The zero-order valence-electron chi connectivity index (χ0n) is 13.3. The Morgan fingerprint density at radius 3 is 2.87 bits per heavy atom. The van der Waals surface area contributed by atoms with E-state index in [0.29, 0.717) is 38.9 Å². The molecule has 1 saturated heterocycles. The highest BCUT2D eigenvalue weighted by Crippen LogP contribution is 2.21. The minimum absolute atomic E-state index is 0. The van der Waals surface area contributed by atoms with Crippen LogP contribution in [0.15, 0.2) is 28.1 Å². The van der Waals surface area contributed by atoms with Crippen molar-refractivity contribution in [1.29, 1.82) is 0 Å². The van der Waals surface area contributed by atoms with Crippen molar-refractivity contribution in [1.82, 2.24) is 10.6 Å². The number of aliphatic imine (C=N–C) groups is 1. The fourth-order valence-electron chi connectivity index (χ4n) is 2.15. The van der Waals surface area contributed by atoms with Crippen LogP contribution < -0.4 is 10.6 Å². The van der Waals surface area contributed by atoms with Gasteiger partial charge in [-0.2, -0.15) is 0 Å². The largest absolute Gasteiger partial charge is 0.376 e. The molecule has 0 radical (unpaired) electrons. The van der Waals surface area contributed by atoms with Gasteiger partial charge in [0.15, 0.2) is 5.96 Å². The van der Waals surface area contributed by atoms with Crippen LogP contribution in [0.2, 0.25) is 0 Å². The van der Waals surface area contributed by atoms with Crippen molar-refractivity contribution in [3.8, 4) is 0 Å². The normalized spacial score (nSPS) is 18.2. The summed E-state index contributed by atoms with van der Waals surface area (Å²) in [5.41, 5.74) is 0.910. The Bertz CT molecular complexity index is 513. The summed E-state index contributed by atoms with van der Waals surface area (Å²) in [6.07, 6.45) is 2.01. The van der Waals surface area contributed by atoms with Gasteiger partial charge in [-0.1, -0.05) is 0 Å². The second-order valence-electron chi connectivity index (χ2n) is 4.83. The summed E-state index contributed by atoms with van der Waals surface area (Å²) in [5, 5.41) is 6.38. The fraction of sp³-hybridized carbons (Fsp3) is 0.533. The van der Waals surface area contributed by atoms with E-state index >= 15 is 0 Å². The molecule has 0 aliphatic carbocycles. The van der Waals surface area contributed by atoms with E-state index in [1.807, 2.05) is 6.26 Å². The van der Waals surface area contributed by atoms with Gasteiger partial charge >= 0.3 is 0 Å². The predicted molar refractivity (Wildman–Crippen MR) is 102 cm³/mol. The Kier molecular flexibility index (Phi) is 9.84. The SMILES string of the molecule is CN=C(NCc1cc(F)ccc1SC)NCC1COCCO1.I. The summed E-state index contributed by atoms with van der Waals surface area (Å²) in [7, 11) is 1.70. The summed E-state index contributed by atoms with van der Waals surface area (Å²) < 4.78 is 24.3. The fourth-order valence-corrected chi connectivity index (χ4v) is 2.75. The number of benzene rings is 1. The highest BCUT2D eigenvalue weighted by Gasteiger charge is 2.14. The van der Waals surface area contributed by atoms with Crippen LogP contribution in [-0.4, -0.2) is 51.7 Å². The molecule has 1 aliphatic heterocycles. The van der Waals surface area contributed by atoms with Crippen molar-refractivity contribution in [2.45, 2.75) is 17.5 Å². The van der Waals surface area contributed by atoms with Crippen molar-refractivity contribution in [2.24, 2.45) is 4.99 Å². The average Bonchev–Trinajstić information content (AvgIpc) is 2.56. The average molecular weight is 455 g/mol. The highest BCUT2D eigenvalue weighted by molar-refractivity contribution is 14.0. The molecule has 1 fully saturated rings. The number of nitrogens with one attached hydrogen (secondary N) is 2. The van der Waals surface area contributed by atoms with E-state index in [4.69, 9.17) is 9.47 Å². The number of thioether (sulfide) groups is 1. The maximum Gasteiger partial charge on any atom is 0.191 e. The lowest BCUT2D eigenvalue weighted by molar-refractivity contribution is -0.0850. The Balaban J connectivity index is 0.00000264. The van der Waals surface area contributed by atoms with E-state index in [2.05, 4.69) is 15.6 Å². The van der Waals surface area contributed by atoms with Gasteiger partial charge in [0, 0.05) is 25.0 Å². The molecular formula is C15H23FIN3O2S. The lowest BCUT2D eigenvalue weighted by atomic mass is 10.2. The number of hydrogen-bond acceptors (Lipinski definition) is 4. The third kappa shape index (κ3) is 6.82. The van der Waals surface area contributed by atoms with Crippen molar-refractivity contribution in [2.75, 3.05) is 39.7 Å². The zero-order chi connectivity index (χ0) is 15.8. The molecule has 1 aromatic rings. The van der Waals surface area contributed by atoms with Crippen molar-refractivity contribution in [3.05, 3.63) is 29.6 Å². The number of hydrogen-bond donors (Lipinski definition) is 2. The van der Waals surface area contributed by atoms with E-state index in [1.54, 1.807) is 30.9 Å². The third-order valence-corrected chi connectivity index (χ3v) is 4.13. The van der Waals surface area contributed by atoms with Gasteiger partial charge in [0.1, 0.15) is 5.82 Å². The summed E-state index contributed by atoms with van der Waals surface area (Å²) in [5.74, 6) is 0.427. The van der Waals surface area contributed by atoms with E-state index in [0.717, 1.165) is 10.5 Å². The van der Waals surface area contributed by atoms with Gasteiger partial charge in [0.05, 0.1) is 25.9 Å². The molecule has 130 valence electrons. The summed E-state index contributed by atoms with van der Waals surface area (Å²) >= 11 is 1.60. The van der Waals surface area contributed by atoms with Gasteiger partial charge in [-0.05, 0) is 30.0 Å². The molecule has 0 amide bonds. The topological polar surface area (TPSA) is 54.9 Å². The molecule has 8 heteroatoms. The molecule has 0 bridgehead atoms. The molecule has 1 unspecified atom stereocenters. The van der Waals surface area contributed by atoms with Crippen LogP contribution >= 0.6 is 35.7 Å². The summed E-state index contributed by atoms with van der Waals surface area (Å²) in [6, 6.07) is 4.81. The number of guanidine groups is 1. The molecule has 2 N–H and O–H groups in total. The van der Waals surface area contributed by atoms with Gasteiger partial charge in [0.2, 0.25) is 0 Å². The first-order valence-electron chi connectivity index (χ1n) is 7.19. The van der Waals surface area contributed by atoms with Gasteiger partial charge in [0.25, 0.3) is 0 Å². The second-order valence-corrected chi connectivity index (χ2v) is 5.68. The van der Waals surface area contributed by atoms with E-state index in [1.165, 1.54) is 6.07 Å². The van der Waals surface area contributed by atoms with Crippen LogP contribution in [0.3, 0.4) is 0 Å². The standard InChI is InChI=1S/C15H22FN3O2S.HI/c1-17-15(19-9-13-10-20-5-6-21-13)18-8-11-7-12(16)3-4-14(11)22-2;/h3-4,7,13H,5-6,8-10H2,1-2H3,(H2,17,18,19);1H. The molecule has 1 heterocycles. The van der Waals surface area contributed by atoms with E-state index in [9.17, 15) is 4.39 Å². The Labute approximate surface area is 157 Å². The minimum Gasteiger partial charge on any atom is -0.376 e. The molecule has 1 aliphatic rings. The number of halogens is 2. The number of nitrogens with zero attached hydrogens (tertiary/aromatic N) is 1. The Morgan fingerprint density at radius 2 is 2.22 bits per heavy atom. The quantitative estimate of drug-likeness (QED) is 0.309. The van der Waals surface area contributed by atoms with Crippen molar-refractivity contribution < 1.29 is 13.9 Å². The highest BCUT2D eigenvalue weighted by atomic mass is 127. The van der Waals surface area contributed by atoms with E-state index < -0.39 is 0 Å². The predicted octanol–water partition coefficient (Wildman–Crippen LogP) is 2.25. The molecule has 5 nitrogen and oxygen atoms in total. The maximum absolute atomic E-state index is 13.4. The van der Waals surface area contributed by atoms with Gasteiger partial charge in [-0.25, -0.2) is 4.39 Å². The number of rotatable bonds is 5. The maximum atomic E-state index is 13.4. The Morgan fingerprint density at radius 1 is 1.39 bits per heavy atom. The molecule has 0 saturated carbocycles. The monoisotopic (exact) mass is 455 g/mol. The summed E-state index contributed by atoms with van der Waals surface area (Å²) in [4.78, 5) is 5.21. The van der Waals surface area contributed by atoms with Crippen molar-refractivity contribution >= 4 is 41.7 Å². The molecule has 23 heavy (non-hydrogen) atoms. The van der Waals surface area contributed by atoms with Gasteiger partial charge < -0.3 is 20.1 Å². The molecule has 1 atom stereocenters. The smallest absolute Gasteiger partial charge is 0.191 e. The van der Waals surface area contributed by atoms with Crippen LogP contribution in [0.1, 0.15) is 5.56 Å². The van der Waals surface area contributed by atoms with Crippen LogP contribution in [0.5, 0.6) is 0 Å². The zero-order valence-corrected chi connectivity index (χ0v) is 16.4. The van der Waals surface area contributed by atoms with E-state index in [-0.39, 0.29) is 35.9 Å². The lowest BCUT2D eigenvalue weighted by Gasteiger charge is -2.24. The molecule has 1 aromatic carbocycles. The first kappa shape index (κ1) is 20.5. The Hall–Kier alpha value is -0.580. The molecule has 0 aromatic heterocycles. The lowest BCUT2D eigenvalue weighted by Crippen LogP contribution is -2.44. The van der Waals surface area contributed by atoms with Crippen molar-refractivity contribution in [3.63, 3.8) is 0 Å². The second kappa shape index (κ2) is 11.1. The molecular weight excluding hydrogens is 432 g/mol. The molecule has 0 spiro atoms. The van der Waals surface area contributed by atoms with Gasteiger partial charge in [-0.3, -0.25) is 4.99 Å². The first-order valence-corrected chi connectivity index (χ1v) is 8.41. The number of ether oxygens (including phenoxy) is 2. The first-order chi connectivity index (χ1) is 10.7. The third-order valence-electron chi connectivity index (χ3n) is 3.29. The van der Waals surface area contributed by atoms with Crippen LogP contribution in [0.25, 0.3) is 0 Å². The van der Waals surface area contributed by atoms with Crippen LogP contribution in [0.4, 0.5) is 4.39 Å². The van der Waals surface area contributed by atoms with Gasteiger partial charge in [-0.15, -0.1) is 35.7 Å². The molecule has 2 rings (SSSR count).